The van der Waals surface area contributed by atoms with E-state index in [9.17, 15) is 0 Å². The van der Waals surface area contributed by atoms with Crippen LogP contribution in [0, 0.1) is 13.8 Å². The van der Waals surface area contributed by atoms with Gasteiger partial charge in [0.25, 0.3) is 0 Å². The van der Waals surface area contributed by atoms with Gasteiger partial charge in [-0.2, -0.15) is 0 Å². The Morgan fingerprint density at radius 1 is 0.292 bits per heavy atom. The van der Waals surface area contributed by atoms with Crippen LogP contribution in [0.15, 0.2) is 136 Å². The number of hydrogen-bond acceptors (Lipinski definition) is 10. The van der Waals surface area contributed by atoms with E-state index in [4.69, 9.17) is 0 Å². The summed E-state index contributed by atoms with van der Waals surface area (Å²) in [4.78, 5) is 30.5. The minimum atomic E-state index is 0.650. The highest BCUT2D eigenvalue weighted by atomic mass is 32.1. The van der Waals surface area contributed by atoms with Gasteiger partial charge in [-0.1, -0.05) is 26.8 Å². The largest absolute Gasteiger partial charge is 0.285 e. The van der Waals surface area contributed by atoms with Crippen molar-refractivity contribution in [3.05, 3.63) is 111 Å². The van der Waals surface area contributed by atoms with E-state index in [2.05, 4.69) is 204 Å². The molecular formula is C62H97N9S. The van der Waals surface area contributed by atoms with Gasteiger partial charge in [0, 0.05) is 57.7 Å². The fourth-order valence-corrected chi connectivity index (χ4v) is 8.04. The number of allylic oxidation sites excluding steroid dienone is 15. The molecule has 2 aliphatic carbocycles. The Hall–Kier alpha value is -5.09. The Balaban J connectivity index is 0.000000405. The fraction of sp³-hybridized carbons (Fsp3) is 0.565. The summed E-state index contributed by atoms with van der Waals surface area (Å²) in [5.74, 6) is 0. The molecule has 0 unspecified atom stereocenters. The lowest BCUT2D eigenvalue weighted by atomic mass is 10.1. The Bertz CT molecular complexity index is 2380. The van der Waals surface area contributed by atoms with Crippen LogP contribution in [0.3, 0.4) is 0 Å². The molecule has 9 nitrogen and oxygen atoms in total. The second kappa shape index (κ2) is 31.5. The summed E-state index contributed by atoms with van der Waals surface area (Å²) < 4.78 is 3.71. The molecule has 0 radical (unpaired) electrons. The molecule has 7 heterocycles. The quantitative estimate of drug-likeness (QED) is 0.258. The van der Waals surface area contributed by atoms with Gasteiger partial charge in [0.05, 0.1) is 36.8 Å². The maximum absolute atomic E-state index is 4.27. The average Bonchev–Trinajstić information content (AvgIpc) is 4.25. The van der Waals surface area contributed by atoms with Crippen molar-refractivity contribution in [2.75, 3.05) is 26.3 Å². The molecule has 72 heavy (non-hydrogen) atoms. The lowest BCUT2D eigenvalue weighted by Crippen LogP contribution is -1.98. The lowest BCUT2D eigenvalue weighted by Gasteiger charge is -1.94. The number of aryl methyl sites for hydroxylation is 2. The van der Waals surface area contributed by atoms with Crippen LogP contribution < -0.4 is 0 Å². The molecule has 0 fully saturated rings. The second-order valence-electron chi connectivity index (χ2n) is 20.7. The van der Waals surface area contributed by atoms with Crippen molar-refractivity contribution < 1.29 is 0 Å². The number of aliphatic imine (C=N–C) groups is 7. The van der Waals surface area contributed by atoms with E-state index in [0.29, 0.717) is 6.67 Å². The minimum absolute atomic E-state index is 0.650. The van der Waals surface area contributed by atoms with Gasteiger partial charge in [0.15, 0.2) is 0 Å². The van der Waals surface area contributed by atoms with E-state index in [0.717, 1.165) is 49.6 Å². The molecule has 1 aromatic rings. The Morgan fingerprint density at radius 2 is 0.583 bits per heavy atom. The molecule has 0 spiro atoms. The molecule has 6 aliphatic heterocycles. The van der Waals surface area contributed by atoms with Gasteiger partial charge in [-0.15, -0.1) is 5.10 Å². The van der Waals surface area contributed by atoms with Crippen molar-refractivity contribution in [2.24, 2.45) is 34.9 Å². The van der Waals surface area contributed by atoms with Crippen LogP contribution in [-0.2, 0) is 0 Å². The third-order valence-corrected chi connectivity index (χ3v) is 15.7. The summed E-state index contributed by atoms with van der Waals surface area (Å²) in [5.41, 5.74) is 35.2. The number of rotatable bonds is 0. The van der Waals surface area contributed by atoms with Gasteiger partial charge in [-0.3, -0.25) is 34.9 Å². The normalized spacial score (nSPS) is 18.7. The lowest BCUT2D eigenvalue weighted by molar-refractivity contribution is 1.08. The summed E-state index contributed by atoms with van der Waals surface area (Å²) in [6, 6.07) is 0. The molecule has 0 atom stereocenters. The van der Waals surface area contributed by atoms with Gasteiger partial charge in [0.2, 0.25) is 0 Å². The average molecular weight is 1000 g/mol. The molecule has 1 aromatic heterocycles. The molecule has 0 N–H and O–H groups in total. The van der Waals surface area contributed by atoms with Crippen LogP contribution >= 0.6 is 11.5 Å². The number of aromatic nitrogens is 2. The molecule has 0 saturated heterocycles. The van der Waals surface area contributed by atoms with E-state index < -0.39 is 0 Å². The van der Waals surface area contributed by atoms with Crippen molar-refractivity contribution in [3.63, 3.8) is 0 Å². The number of nitrogens with zero attached hydrogens (tertiary/aromatic N) is 9. The van der Waals surface area contributed by atoms with Gasteiger partial charge in [-0.25, -0.2) is 0 Å². The zero-order valence-corrected chi connectivity index (χ0v) is 51.4. The van der Waals surface area contributed by atoms with Gasteiger partial charge in [-0.05, 0) is 278 Å². The number of hydrogen-bond donors (Lipinski definition) is 0. The topological polar surface area (TPSA) is 112 Å². The minimum Gasteiger partial charge on any atom is -0.285 e. The molecule has 0 bridgehead atoms. The summed E-state index contributed by atoms with van der Waals surface area (Å²) >= 11 is 1.44. The van der Waals surface area contributed by atoms with Gasteiger partial charge in [0.1, 0.15) is 6.67 Å². The third kappa shape index (κ3) is 21.9. The molecule has 0 saturated carbocycles. The summed E-state index contributed by atoms with van der Waals surface area (Å²) in [6.45, 7) is 60.6. The zero-order valence-electron chi connectivity index (χ0n) is 50.6. The third-order valence-electron chi connectivity index (χ3n) is 15.0. The van der Waals surface area contributed by atoms with Crippen LogP contribution in [0.4, 0.5) is 0 Å². The first-order valence-electron chi connectivity index (χ1n) is 25.8. The SMILES string of the molecule is CC1=C(C)C(C)=C(C)C1.CC1=C(C)C(C)=C(C)C1.CC1=NC(C)=C(C)C1.CC1=NC(C)=C(C)C1.CC1=NCC(C)=C1C.CC1=NCC(C)=C1C.CC1=NCC(C)=C1C.CC1=NCN=C1C.Cc1nnsc1C. The summed E-state index contributed by atoms with van der Waals surface area (Å²) in [6.07, 6.45) is 4.59. The maximum Gasteiger partial charge on any atom is 0.130 e. The second-order valence-corrected chi connectivity index (χ2v) is 21.7. The highest BCUT2D eigenvalue weighted by molar-refractivity contribution is 7.05. The van der Waals surface area contributed by atoms with Crippen LogP contribution in [0.25, 0.3) is 0 Å². The fourth-order valence-electron chi connectivity index (χ4n) is 7.58. The first kappa shape index (κ1) is 64.9. The highest BCUT2D eigenvalue weighted by Crippen LogP contribution is 2.31. The summed E-state index contributed by atoms with van der Waals surface area (Å²) in [7, 11) is 0. The highest BCUT2D eigenvalue weighted by Gasteiger charge is 2.12. The van der Waals surface area contributed by atoms with Crippen LogP contribution in [0.5, 0.6) is 0 Å². The molecular weight excluding hydrogens is 903 g/mol. The van der Waals surface area contributed by atoms with Crippen molar-refractivity contribution in [1.29, 1.82) is 0 Å². The Kier molecular flexibility index (Phi) is 28.4. The smallest absolute Gasteiger partial charge is 0.130 e. The van der Waals surface area contributed by atoms with Crippen molar-refractivity contribution in [2.45, 2.75) is 213 Å². The van der Waals surface area contributed by atoms with E-state index in [1.54, 1.807) is 22.3 Å². The molecule has 10 heteroatoms. The summed E-state index contributed by atoms with van der Waals surface area (Å²) in [5, 5.41) is 3.78. The molecule has 396 valence electrons. The van der Waals surface area contributed by atoms with Crippen LogP contribution in [0.2, 0.25) is 0 Å². The van der Waals surface area contributed by atoms with E-state index in [1.807, 2.05) is 27.7 Å². The van der Waals surface area contributed by atoms with Gasteiger partial charge >= 0.3 is 0 Å². The monoisotopic (exact) mass is 1000 g/mol. The predicted octanol–water partition coefficient (Wildman–Crippen LogP) is 17.8. The van der Waals surface area contributed by atoms with E-state index in [-0.39, 0.29) is 0 Å². The van der Waals surface area contributed by atoms with Crippen LogP contribution in [-0.4, -0.2) is 75.9 Å². The van der Waals surface area contributed by atoms with Crippen LogP contribution in [0.1, 0.15) is 209 Å². The standard InChI is InChI=1S/2C9H14.5C7H11N.C5H8N2.C4H6N2S/c2*1-6-5-7(2)9(4)8(6)3;3*1-5-4-8-7(3)6(5)2;2*1-5-4-6(2)8-7(5)3;1-4-5(2)7-3-6-4;1-3-4(2)7-6-5-3/h2*5H2,1-4H3;5*4H2,1-3H3;3H2,1-2H3;1-2H3. The molecule has 0 amide bonds. The van der Waals surface area contributed by atoms with Gasteiger partial charge < -0.3 is 0 Å². The molecule has 9 rings (SSSR count). The Labute approximate surface area is 444 Å². The van der Waals surface area contributed by atoms with Crippen molar-refractivity contribution >= 4 is 51.5 Å². The first-order valence-corrected chi connectivity index (χ1v) is 26.6. The molecule has 0 aromatic carbocycles. The molecule has 8 aliphatic rings. The van der Waals surface area contributed by atoms with Crippen molar-refractivity contribution in [3.8, 4) is 0 Å². The first-order chi connectivity index (χ1) is 33.4. The predicted molar refractivity (Wildman–Crippen MR) is 324 cm³/mol. The Morgan fingerprint density at radius 3 is 0.653 bits per heavy atom. The maximum atomic E-state index is 4.27. The van der Waals surface area contributed by atoms with Crippen molar-refractivity contribution in [1.82, 2.24) is 9.59 Å². The van der Waals surface area contributed by atoms with E-state index >= 15 is 0 Å². The van der Waals surface area contributed by atoms with E-state index in [1.165, 1.54) is 136 Å². The zero-order chi connectivity index (χ0) is 55.3.